The standard InChI is InChI=1S/C19H36N2.C2H4O2/c1-2-3-4-5-6-7-8-9-10-11-12-13-14-15-17-21-18-16-20-19-21;1-2(3)4/h16,18-19H,2-15,17H2,1H3;1H3,(H,3,4). The topological polar surface area (TPSA) is 59.8 Å². The normalized spacial score (nSPS) is 10.3. The van der Waals surface area contributed by atoms with Crippen LogP contribution in [-0.2, 0) is 11.3 Å². The Kier molecular flexibility index (Phi) is 18.0. The number of hydrogen-bond donors (Lipinski definition) is 1. The van der Waals surface area contributed by atoms with Crippen LogP contribution in [0.25, 0.3) is 0 Å². The van der Waals surface area contributed by atoms with Gasteiger partial charge in [0, 0.05) is 5.97 Å². The van der Waals surface area contributed by atoms with Gasteiger partial charge >= 0.3 is 0 Å². The van der Waals surface area contributed by atoms with E-state index in [2.05, 4.69) is 22.7 Å². The molecule has 0 saturated carbocycles. The number of unbranched alkanes of at least 4 members (excludes halogenated alkanes) is 13. The smallest absolute Gasteiger partial charge is 0.241 e. The molecule has 0 saturated heterocycles. The summed E-state index contributed by atoms with van der Waals surface area (Å²) >= 11 is 0. The number of H-pyrrole nitrogens is 1. The van der Waals surface area contributed by atoms with E-state index in [1.165, 1.54) is 96.4 Å². The number of rotatable bonds is 15. The Morgan fingerprint density at radius 3 is 1.60 bits per heavy atom. The number of carboxylic acid groups (broad SMARTS) is 1. The number of carboxylic acids is 1. The fourth-order valence-corrected chi connectivity index (χ4v) is 2.95. The molecule has 0 fully saturated rings. The van der Waals surface area contributed by atoms with Crippen molar-refractivity contribution in [3.63, 3.8) is 0 Å². The molecule has 4 heteroatoms. The fraction of sp³-hybridized carbons (Fsp3) is 0.810. The third-order valence-electron chi connectivity index (χ3n) is 4.37. The maximum atomic E-state index is 8.89. The molecule has 1 aromatic heterocycles. The van der Waals surface area contributed by atoms with Gasteiger partial charge in [0.2, 0.25) is 6.33 Å². The van der Waals surface area contributed by atoms with Crippen molar-refractivity contribution >= 4 is 5.97 Å². The molecule has 1 N–H and O–H groups in total. The second-order valence-electron chi connectivity index (χ2n) is 6.94. The third kappa shape index (κ3) is 20.6. The van der Waals surface area contributed by atoms with Crippen LogP contribution in [0.15, 0.2) is 18.7 Å². The summed E-state index contributed by atoms with van der Waals surface area (Å²) in [5, 5.41) is 8.89. The molecular formula is C21H40N2O2. The Morgan fingerprint density at radius 2 is 1.24 bits per heavy atom. The van der Waals surface area contributed by atoms with Gasteiger partial charge in [0.05, 0.1) is 6.54 Å². The molecule has 0 radical (unpaired) electrons. The van der Waals surface area contributed by atoms with Crippen LogP contribution in [0.4, 0.5) is 0 Å². The number of aromatic nitrogens is 2. The number of nitrogens with one attached hydrogen (secondary N) is 1. The average Bonchev–Trinajstić information content (AvgIpc) is 3.08. The summed E-state index contributed by atoms with van der Waals surface area (Å²) in [5.41, 5.74) is 0. The number of nitrogens with zero attached hydrogens (tertiary/aromatic N) is 1. The zero-order valence-corrected chi connectivity index (χ0v) is 16.6. The molecule has 0 aromatic carbocycles. The van der Waals surface area contributed by atoms with Crippen molar-refractivity contribution in [2.75, 3.05) is 0 Å². The maximum Gasteiger partial charge on any atom is 0.241 e. The Bertz CT molecular complexity index is 373. The lowest BCUT2D eigenvalue weighted by Gasteiger charge is -2.03. The van der Waals surface area contributed by atoms with E-state index in [9.17, 15) is 0 Å². The van der Waals surface area contributed by atoms with E-state index in [-0.39, 0.29) is 0 Å². The van der Waals surface area contributed by atoms with Gasteiger partial charge in [0.15, 0.2) is 0 Å². The second kappa shape index (κ2) is 19.0. The zero-order chi connectivity index (χ0) is 18.6. The number of aromatic amines is 1. The van der Waals surface area contributed by atoms with Crippen LogP contribution >= 0.6 is 0 Å². The molecule has 0 aliphatic heterocycles. The van der Waals surface area contributed by atoms with Gasteiger partial charge in [-0.2, -0.15) is 0 Å². The van der Waals surface area contributed by atoms with E-state index < -0.39 is 5.97 Å². The van der Waals surface area contributed by atoms with Crippen molar-refractivity contribution < 1.29 is 14.5 Å². The van der Waals surface area contributed by atoms with Gasteiger partial charge in [-0.1, -0.05) is 84.0 Å². The summed E-state index contributed by atoms with van der Waals surface area (Å²) in [4.78, 5) is 12.0. The Hall–Kier alpha value is -1.32. The SMILES string of the molecule is CC(=O)[O-].CCCCCCCCCCCCCCCC[n+]1cc[nH]c1. The van der Waals surface area contributed by atoms with E-state index in [0.29, 0.717) is 0 Å². The lowest BCUT2D eigenvalue weighted by molar-refractivity contribution is -0.696. The number of hydrogen-bond acceptors (Lipinski definition) is 2. The van der Waals surface area contributed by atoms with Crippen LogP contribution in [0.3, 0.4) is 0 Å². The van der Waals surface area contributed by atoms with Crippen molar-refractivity contribution in [1.29, 1.82) is 0 Å². The molecule has 1 aromatic rings. The molecule has 0 bridgehead atoms. The number of aryl methyl sites for hydroxylation is 1. The number of imidazole rings is 1. The quantitative estimate of drug-likeness (QED) is 0.372. The van der Waals surface area contributed by atoms with Crippen molar-refractivity contribution in [2.45, 2.75) is 110 Å². The highest BCUT2D eigenvalue weighted by molar-refractivity contribution is 5.60. The minimum Gasteiger partial charge on any atom is -0.550 e. The summed E-state index contributed by atoms with van der Waals surface area (Å²) in [6.45, 7) is 4.43. The van der Waals surface area contributed by atoms with Crippen molar-refractivity contribution in [1.82, 2.24) is 4.98 Å². The van der Waals surface area contributed by atoms with Gasteiger partial charge in [-0.3, -0.25) is 4.98 Å². The Morgan fingerprint density at radius 1 is 0.840 bits per heavy atom. The van der Waals surface area contributed by atoms with Gasteiger partial charge in [-0.05, 0) is 19.8 Å². The third-order valence-corrected chi connectivity index (χ3v) is 4.37. The van der Waals surface area contributed by atoms with Gasteiger partial charge in [0.25, 0.3) is 0 Å². The summed E-state index contributed by atoms with van der Waals surface area (Å²) < 4.78 is 2.24. The molecule has 25 heavy (non-hydrogen) atoms. The first kappa shape index (κ1) is 23.7. The monoisotopic (exact) mass is 352 g/mol. The van der Waals surface area contributed by atoms with E-state index >= 15 is 0 Å². The van der Waals surface area contributed by atoms with Gasteiger partial charge in [-0.15, -0.1) is 0 Å². The molecule has 1 rings (SSSR count). The molecule has 146 valence electrons. The number of carbonyl (C=O) groups excluding carboxylic acids is 1. The van der Waals surface area contributed by atoms with Gasteiger partial charge < -0.3 is 9.90 Å². The minimum atomic E-state index is -1.08. The Labute approximate surface area is 155 Å². The van der Waals surface area contributed by atoms with Gasteiger partial charge in [0.1, 0.15) is 12.4 Å². The van der Waals surface area contributed by atoms with Gasteiger partial charge in [-0.25, -0.2) is 4.57 Å². The average molecular weight is 353 g/mol. The van der Waals surface area contributed by atoms with Crippen molar-refractivity contribution in [3.05, 3.63) is 18.7 Å². The van der Waals surface area contributed by atoms with Crippen LogP contribution in [-0.4, -0.2) is 11.0 Å². The molecule has 0 aliphatic carbocycles. The zero-order valence-electron chi connectivity index (χ0n) is 16.6. The van der Waals surface area contributed by atoms with Crippen molar-refractivity contribution in [2.24, 2.45) is 0 Å². The predicted molar refractivity (Wildman–Crippen MR) is 102 cm³/mol. The van der Waals surface area contributed by atoms with Crippen LogP contribution in [0.1, 0.15) is 104 Å². The molecule has 0 amide bonds. The highest BCUT2D eigenvalue weighted by Gasteiger charge is 1.97. The summed E-state index contributed by atoms with van der Waals surface area (Å²) in [5.74, 6) is -1.08. The first-order valence-corrected chi connectivity index (χ1v) is 10.4. The molecular weight excluding hydrogens is 312 g/mol. The van der Waals surface area contributed by atoms with E-state index in [1.54, 1.807) is 0 Å². The predicted octanol–water partition coefficient (Wildman–Crippen LogP) is 4.54. The maximum absolute atomic E-state index is 8.89. The lowest BCUT2D eigenvalue weighted by Crippen LogP contribution is -2.30. The van der Waals surface area contributed by atoms with E-state index in [0.717, 1.165) is 6.92 Å². The first-order chi connectivity index (χ1) is 12.2. The molecule has 0 aliphatic rings. The highest BCUT2D eigenvalue weighted by Crippen LogP contribution is 2.12. The number of carbonyl (C=O) groups is 1. The van der Waals surface area contributed by atoms with Crippen LogP contribution in [0.2, 0.25) is 0 Å². The lowest BCUT2D eigenvalue weighted by atomic mass is 10.0. The first-order valence-electron chi connectivity index (χ1n) is 10.4. The largest absolute Gasteiger partial charge is 0.550 e. The van der Waals surface area contributed by atoms with Crippen molar-refractivity contribution in [3.8, 4) is 0 Å². The van der Waals surface area contributed by atoms with E-state index in [4.69, 9.17) is 9.90 Å². The van der Waals surface area contributed by atoms with E-state index in [1.807, 2.05) is 12.5 Å². The second-order valence-corrected chi connectivity index (χ2v) is 6.94. The molecule has 1 heterocycles. The van der Waals surface area contributed by atoms with Crippen LogP contribution in [0, 0.1) is 0 Å². The molecule has 0 unspecified atom stereocenters. The summed E-state index contributed by atoms with van der Waals surface area (Å²) in [6.07, 6.45) is 26.2. The highest BCUT2D eigenvalue weighted by atomic mass is 16.4. The fourth-order valence-electron chi connectivity index (χ4n) is 2.95. The van der Waals surface area contributed by atoms with Crippen LogP contribution in [0.5, 0.6) is 0 Å². The molecule has 0 spiro atoms. The molecule has 0 atom stereocenters. The summed E-state index contributed by atoms with van der Waals surface area (Å²) in [7, 11) is 0. The van der Waals surface area contributed by atoms with Crippen LogP contribution < -0.4 is 9.67 Å². The number of aliphatic carboxylic acids is 1. The minimum absolute atomic E-state index is 0.972. The Balaban J connectivity index is 0.00000129. The molecule has 4 nitrogen and oxygen atoms in total. The summed E-state index contributed by atoms with van der Waals surface area (Å²) in [6, 6.07) is 0.